The molecule has 2 aromatic rings. The highest BCUT2D eigenvalue weighted by Gasteiger charge is 2.27. The lowest BCUT2D eigenvalue weighted by molar-refractivity contribution is -0.135. The van der Waals surface area contributed by atoms with Crippen LogP contribution in [0, 0.1) is 5.92 Å². The van der Waals surface area contributed by atoms with Crippen molar-refractivity contribution in [3.05, 3.63) is 36.2 Å². The normalized spacial score (nSPS) is 17.2. The molecule has 3 rings (SSSR count). The number of aromatic nitrogens is 2. The molecule has 1 aromatic carbocycles. The molecule has 0 bridgehead atoms. The van der Waals surface area contributed by atoms with Gasteiger partial charge in [-0.05, 0) is 24.5 Å². The molecule has 0 aliphatic carbocycles. The van der Waals surface area contributed by atoms with Crippen LogP contribution in [0.4, 0.5) is 0 Å². The quantitative estimate of drug-likeness (QED) is 0.679. The second kappa shape index (κ2) is 8.73. The van der Waals surface area contributed by atoms with Crippen molar-refractivity contribution < 1.29 is 18.8 Å². The molecule has 25 heavy (non-hydrogen) atoms. The fourth-order valence-electron chi connectivity index (χ4n) is 2.91. The van der Waals surface area contributed by atoms with E-state index < -0.39 is 0 Å². The van der Waals surface area contributed by atoms with Crippen LogP contribution < -0.4 is 0 Å². The number of methoxy groups -OCH3 is 1. The van der Waals surface area contributed by atoms with Crippen LogP contribution in [-0.2, 0) is 20.7 Å². The van der Waals surface area contributed by atoms with Gasteiger partial charge in [0.1, 0.15) is 6.61 Å². The number of rotatable bonds is 8. The van der Waals surface area contributed by atoms with Crippen LogP contribution in [0.3, 0.4) is 0 Å². The number of carbonyl (C=O) groups excluding carboxylic acids is 1. The first-order chi connectivity index (χ1) is 12.3. The molecule has 0 N–H and O–H groups in total. The van der Waals surface area contributed by atoms with E-state index in [1.165, 1.54) is 0 Å². The molecule has 2 heterocycles. The van der Waals surface area contributed by atoms with Gasteiger partial charge in [-0.2, -0.15) is 4.98 Å². The molecular formula is C18H23N3O4. The lowest BCUT2D eigenvalue weighted by atomic mass is 10.1. The van der Waals surface area contributed by atoms with Crippen LogP contribution in [-0.4, -0.2) is 61.0 Å². The first-order valence-electron chi connectivity index (χ1n) is 8.48. The number of ether oxygens (including phenoxy) is 2. The summed E-state index contributed by atoms with van der Waals surface area (Å²) in [6, 6.07) is 9.71. The maximum absolute atomic E-state index is 12.1. The number of nitrogens with zero attached hydrogens (tertiary/aromatic N) is 3. The van der Waals surface area contributed by atoms with Crippen molar-refractivity contribution in [1.29, 1.82) is 0 Å². The first-order valence-corrected chi connectivity index (χ1v) is 8.48. The van der Waals surface area contributed by atoms with Gasteiger partial charge in [0.25, 0.3) is 5.89 Å². The molecule has 1 fully saturated rings. The molecular weight excluding hydrogens is 322 g/mol. The molecule has 0 saturated carbocycles. The Morgan fingerprint density at radius 3 is 2.96 bits per heavy atom. The Morgan fingerprint density at radius 2 is 2.16 bits per heavy atom. The molecule has 1 aliphatic rings. The van der Waals surface area contributed by atoms with Gasteiger partial charge in [-0.25, -0.2) is 0 Å². The molecule has 1 aromatic heterocycles. The minimum absolute atomic E-state index is 0.0247. The van der Waals surface area contributed by atoms with Gasteiger partial charge in [-0.1, -0.05) is 23.4 Å². The summed E-state index contributed by atoms with van der Waals surface area (Å²) in [6.45, 7) is 2.50. The van der Waals surface area contributed by atoms with E-state index in [1.54, 1.807) is 7.11 Å². The lowest BCUT2D eigenvalue weighted by Crippen LogP contribution is -2.32. The zero-order chi connectivity index (χ0) is 17.5. The van der Waals surface area contributed by atoms with Crippen LogP contribution in [0.15, 0.2) is 34.9 Å². The Kier molecular flexibility index (Phi) is 6.14. The monoisotopic (exact) mass is 345 g/mol. The average molecular weight is 345 g/mol. The largest absolute Gasteiger partial charge is 0.382 e. The van der Waals surface area contributed by atoms with Gasteiger partial charge in [-0.3, -0.25) is 4.79 Å². The minimum Gasteiger partial charge on any atom is -0.382 e. The SMILES string of the molecule is COCCOCC(=O)N1CCC(Cc2noc(-c3ccccc3)n2)C1. The van der Waals surface area contributed by atoms with E-state index in [4.69, 9.17) is 14.0 Å². The summed E-state index contributed by atoms with van der Waals surface area (Å²) in [7, 11) is 1.61. The smallest absolute Gasteiger partial charge is 0.257 e. The molecule has 7 nitrogen and oxygen atoms in total. The topological polar surface area (TPSA) is 77.7 Å². The molecule has 1 saturated heterocycles. The third kappa shape index (κ3) is 4.87. The Balaban J connectivity index is 1.47. The van der Waals surface area contributed by atoms with Crippen molar-refractivity contribution in [2.45, 2.75) is 12.8 Å². The van der Waals surface area contributed by atoms with Crippen LogP contribution >= 0.6 is 0 Å². The van der Waals surface area contributed by atoms with Crippen LogP contribution in [0.5, 0.6) is 0 Å². The summed E-state index contributed by atoms with van der Waals surface area (Å²) < 4.78 is 15.5. The summed E-state index contributed by atoms with van der Waals surface area (Å²) in [5.74, 6) is 1.60. The summed E-state index contributed by atoms with van der Waals surface area (Å²) >= 11 is 0. The highest BCUT2D eigenvalue weighted by atomic mass is 16.5. The summed E-state index contributed by atoms with van der Waals surface area (Å²) in [4.78, 5) is 18.4. The first kappa shape index (κ1) is 17.6. The fourth-order valence-corrected chi connectivity index (χ4v) is 2.91. The molecule has 1 amide bonds. The van der Waals surface area contributed by atoms with Gasteiger partial charge < -0.3 is 18.9 Å². The predicted octanol–water partition coefficient (Wildman–Crippen LogP) is 1.79. The predicted molar refractivity (Wildman–Crippen MR) is 90.8 cm³/mol. The van der Waals surface area contributed by atoms with Crippen LogP contribution in [0.25, 0.3) is 11.5 Å². The van der Waals surface area contributed by atoms with E-state index in [9.17, 15) is 4.79 Å². The van der Waals surface area contributed by atoms with E-state index in [0.29, 0.717) is 43.8 Å². The second-order valence-corrected chi connectivity index (χ2v) is 6.13. The Morgan fingerprint density at radius 1 is 1.32 bits per heavy atom. The van der Waals surface area contributed by atoms with Gasteiger partial charge in [-0.15, -0.1) is 0 Å². The fraction of sp³-hybridized carbons (Fsp3) is 0.500. The Bertz CT molecular complexity index is 674. The zero-order valence-corrected chi connectivity index (χ0v) is 14.4. The third-order valence-electron chi connectivity index (χ3n) is 4.26. The van der Waals surface area contributed by atoms with E-state index in [1.807, 2.05) is 35.2 Å². The molecule has 0 spiro atoms. The summed E-state index contributed by atoms with van der Waals surface area (Å²) in [5.41, 5.74) is 0.915. The van der Waals surface area contributed by atoms with Gasteiger partial charge in [0, 0.05) is 32.2 Å². The molecule has 1 unspecified atom stereocenters. The van der Waals surface area contributed by atoms with Crippen molar-refractivity contribution in [3.8, 4) is 11.5 Å². The highest BCUT2D eigenvalue weighted by molar-refractivity contribution is 5.77. The van der Waals surface area contributed by atoms with E-state index in [2.05, 4.69) is 10.1 Å². The number of likely N-dealkylation sites (tertiary alicyclic amines) is 1. The van der Waals surface area contributed by atoms with Crippen molar-refractivity contribution in [2.24, 2.45) is 5.92 Å². The molecule has 1 aliphatic heterocycles. The van der Waals surface area contributed by atoms with Gasteiger partial charge in [0.15, 0.2) is 5.82 Å². The van der Waals surface area contributed by atoms with E-state index >= 15 is 0 Å². The number of hydrogen-bond donors (Lipinski definition) is 0. The van der Waals surface area contributed by atoms with Gasteiger partial charge in [0.2, 0.25) is 5.91 Å². The Labute approximate surface area is 146 Å². The molecule has 134 valence electrons. The van der Waals surface area contributed by atoms with E-state index in [0.717, 1.165) is 18.5 Å². The molecule has 0 radical (unpaired) electrons. The maximum Gasteiger partial charge on any atom is 0.257 e. The summed E-state index contributed by atoms with van der Waals surface area (Å²) in [5, 5.41) is 4.07. The van der Waals surface area contributed by atoms with Gasteiger partial charge >= 0.3 is 0 Å². The standard InChI is InChI=1S/C18H23N3O4/c1-23-9-10-24-13-17(22)21-8-7-14(12-21)11-16-19-18(25-20-16)15-5-3-2-4-6-15/h2-6,14H,7-13H2,1H3. The number of carbonyl (C=O) groups is 1. The zero-order valence-electron chi connectivity index (χ0n) is 14.4. The molecule has 1 atom stereocenters. The van der Waals surface area contributed by atoms with Gasteiger partial charge in [0.05, 0.1) is 13.2 Å². The maximum atomic E-state index is 12.1. The minimum atomic E-state index is 0.0247. The van der Waals surface area contributed by atoms with Crippen LogP contribution in [0.2, 0.25) is 0 Å². The summed E-state index contributed by atoms with van der Waals surface area (Å²) in [6.07, 6.45) is 1.66. The molecule has 7 heteroatoms. The Hall–Kier alpha value is -2.25. The lowest BCUT2D eigenvalue weighted by Gasteiger charge is -2.16. The van der Waals surface area contributed by atoms with Crippen molar-refractivity contribution >= 4 is 5.91 Å². The highest BCUT2D eigenvalue weighted by Crippen LogP contribution is 2.22. The number of amides is 1. The second-order valence-electron chi connectivity index (χ2n) is 6.13. The average Bonchev–Trinajstić information content (AvgIpc) is 3.29. The number of hydrogen-bond acceptors (Lipinski definition) is 6. The van der Waals surface area contributed by atoms with Crippen LogP contribution in [0.1, 0.15) is 12.2 Å². The third-order valence-corrected chi connectivity index (χ3v) is 4.26. The number of benzene rings is 1. The van der Waals surface area contributed by atoms with Crippen molar-refractivity contribution in [3.63, 3.8) is 0 Å². The van der Waals surface area contributed by atoms with Crippen molar-refractivity contribution in [1.82, 2.24) is 15.0 Å². The van der Waals surface area contributed by atoms with Crippen molar-refractivity contribution in [2.75, 3.05) is 40.0 Å². The van der Waals surface area contributed by atoms with E-state index in [-0.39, 0.29) is 12.5 Å².